The van der Waals surface area contributed by atoms with Crippen molar-refractivity contribution in [3.63, 3.8) is 0 Å². The molecule has 8 nitrogen and oxygen atoms in total. The number of nitrogens with one attached hydrogen (secondary N) is 1. The third-order valence-electron chi connectivity index (χ3n) is 5.31. The second kappa shape index (κ2) is 9.81. The van der Waals surface area contributed by atoms with Crippen molar-refractivity contribution in [2.45, 2.75) is 32.1 Å². The Hall–Kier alpha value is -3.09. The quantitative estimate of drug-likeness (QED) is 0.700. The zero-order chi connectivity index (χ0) is 21.6. The topological polar surface area (TPSA) is 105 Å². The Bertz CT molecular complexity index is 999. The van der Waals surface area contributed by atoms with Crippen LogP contribution in [0.4, 0.5) is 9.80 Å². The van der Waals surface area contributed by atoms with Crippen molar-refractivity contribution >= 4 is 34.4 Å². The monoisotopic (exact) mass is 441 g/mol. The van der Waals surface area contributed by atoms with E-state index in [4.69, 9.17) is 14.0 Å². The van der Waals surface area contributed by atoms with E-state index in [0.717, 1.165) is 36.1 Å². The molecule has 1 atom stereocenters. The second-order valence-electron chi connectivity index (χ2n) is 7.49. The molecular weight excluding hydrogens is 418 g/mol. The molecule has 1 aliphatic heterocycles. The van der Waals surface area contributed by atoms with E-state index in [1.165, 1.54) is 28.7 Å². The molecule has 3 heterocycles. The molecule has 9 heteroatoms. The smallest absolute Gasteiger partial charge is 0.433 e. The molecular formula is C22H23N3O5S. The van der Waals surface area contributed by atoms with Gasteiger partial charge in [-0.3, -0.25) is 9.63 Å². The van der Waals surface area contributed by atoms with Crippen LogP contribution in [0, 0.1) is 17.2 Å². The highest BCUT2D eigenvalue weighted by Crippen LogP contribution is 2.39. The number of amides is 2. The van der Waals surface area contributed by atoms with Crippen LogP contribution in [-0.4, -0.2) is 36.8 Å². The van der Waals surface area contributed by atoms with E-state index in [1.807, 2.05) is 0 Å². The van der Waals surface area contributed by atoms with E-state index in [2.05, 4.69) is 11.4 Å². The van der Waals surface area contributed by atoms with Crippen molar-refractivity contribution in [2.75, 3.05) is 25.1 Å². The van der Waals surface area contributed by atoms with E-state index in [9.17, 15) is 14.9 Å². The maximum atomic E-state index is 12.3. The summed E-state index contributed by atoms with van der Waals surface area (Å²) < 4.78 is 10.6. The number of carbonyl (C=O) groups excluding carboxylic acids is 2. The molecule has 1 N–H and O–H groups in total. The minimum absolute atomic E-state index is 0.175. The summed E-state index contributed by atoms with van der Waals surface area (Å²) in [7, 11) is 0. The number of fused-ring (bicyclic) bond motifs is 1. The highest BCUT2D eigenvalue weighted by atomic mass is 32.1. The molecule has 31 heavy (non-hydrogen) atoms. The number of hydrogen-bond donors (Lipinski definition) is 1. The number of anilines is 1. The predicted octanol–water partition coefficient (Wildman–Crippen LogP) is 4.13. The number of hydrogen-bond acceptors (Lipinski definition) is 7. The van der Waals surface area contributed by atoms with Crippen molar-refractivity contribution in [2.24, 2.45) is 5.92 Å². The Kier molecular flexibility index (Phi) is 6.70. The van der Waals surface area contributed by atoms with Crippen LogP contribution < -0.4 is 5.32 Å². The summed E-state index contributed by atoms with van der Waals surface area (Å²) in [6.07, 6.45) is 8.16. The van der Waals surface area contributed by atoms with E-state index < -0.39 is 6.09 Å². The Morgan fingerprint density at radius 1 is 1.42 bits per heavy atom. The zero-order valence-corrected chi connectivity index (χ0v) is 17.8. The first-order valence-corrected chi connectivity index (χ1v) is 11.1. The molecule has 0 aromatic carbocycles. The predicted molar refractivity (Wildman–Crippen MR) is 114 cm³/mol. The van der Waals surface area contributed by atoms with Gasteiger partial charge in [0.05, 0.1) is 31.6 Å². The maximum absolute atomic E-state index is 12.3. The first-order chi connectivity index (χ1) is 15.1. The van der Waals surface area contributed by atoms with Gasteiger partial charge in [-0.25, -0.2) is 4.79 Å². The number of nitriles is 1. The molecule has 2 aliphatic rings. The largest absolute Gasteiger partial charge is 0.465 e. The van der Waals surface area contributed by atoms with Crippen molar-refractivity contribution in [3.05, 3.63) is 46.2 Å². The van der Waals surface area contributed by atoms with Gasteiger partial charge in [-0.1, -0.05) is 0 Å². The van der Waals surface area contributed by atoms with Crippen molar-refractivity contribution in [1.82, 2.24) is 5.06 Å². The van der Waals surface area contributed by atoms with Gasteiger partial charge in [0.1, 0.15) is 16.8 Å². The SMILES string of the molecule is N#Cc1c(NC(=O)/C=C/c2ccco2)sc2c1CCC(COC(=O)N1CCCCO1)C2. The fourth-order valence-electron chi connectivity index (χ4n) is 3.70. The average Bonchev–Trinajstić information content (AvgIpc) is 3.43. The number of hydroxylamine groups is 2. The van der Waals surface area contributed by atoms with Crippen molar-refractivity contribution < 1.29 is 23.6 Å². The van der Waals surface area contributed by atoms with Crippen LogP contribution in [0.3, 0.4) is 0 Å². The number of thiophene rings is 1. The number of nitrogens with zero attached hydrogens (tertiary/aromatic N) is 2. The van der Waals surface area contributed by atoms with Gasteiger partial charge in [-0.2, -0.15) is 10.3 Å². The van der Waals surface area contributed by atoms with Crippen LogP contribution in [0.1, 0.15) is 41.0 Å². The van der Waals surface area contributed by atoms with Gasteiger partial charge in [0.15, 0.2) is 0 Å². The standard InChI is InChI=1S/C22H23N3O5S/c23-13-18-17-7-5-15(14-29-22(27)25-9-1-2-11-30-25)12-19(17)31-21(18)24-20(26)8-6-16-4-3-10-28-16/h3-4,6,8,10,15H,1-2,5,7,9,11-12,14H2,(H,24,26)/b8-6+. The highest BCUT2D eigenvalue weighted by molar-refractivity contribution is 7.16. The average molecular weight is 442 g/mol. The van der Waals surface area contributed by atoms with Crippen LogP contribution in [0.15, 0.2) is 28.9 Å². The number of rotatable bonds is 5. The van der Waals surface area contributed by atoms with Crippen LogP contribution in [0.2, 0.25) is 0 Å². The normalized spacial score (nSPS) is 18.4. The zero-order valence-electron chi connectivity index (χ0n) is 17.0. The Morgan fingerprint density at radius 3 is 3.06 bits per heavy atom. The van der Waals surface area contributed by atoms with Crippen molar-refractivity contribution in [3.8, 4) is 6.07 Å². The lowest BCUT2D eigenvalue weighted by Gasteiger charge is -2.27. The molecule has 0 bridgehead atoms. The third kappa shape index (κ3) is 5.16. The molecule has 2 aromatic heterocycles. The molecule has 0 radical (unpaired) electrons. The van der Waals surface area contributed by atoms with Gasteiger partial charge < -0.3 is 14.5 Å². The van der Waals surface area contributed by atoms with Crippen LogP contribution in [0.5, 0.6) is 0 Å². The highest BCUT2D eigenvalue weighted by Gasteiger charge is 2.28. The molecule has 1 fully saturated rings. The lowest BCUT2D eigenvalue weighted by molar-refractivity contribution is -0.157. The van der Waals surface area contributed by atoms with Gasteiger partial charge >= 0.3 is 6.09 Å². The van der Waals surface area contributed by atoms with Crippen molar-refractivity contribution in [1.29, 1.82) is 5.26 Å². The van der Waals surface area contributed by atoms with Crippen LogP contribution in [0.25, 0.3) is 6.08 Å². The summed E-state index contributed by atoms with van der Waals surface area (Å²) in [6.45, 7) is 1.41. The fourth-order valence-corrected chi connectivity index (χ4v) is 5.02. The summed E-state index contributed by atoms with van der Waals surface area (Å²) in [6, 6.07) is 5.72. The van der Waals surface area contributed by atoms with Gasteiger partial charge in [0, 0.05) is 11.0 Å². The Balaban J connectivity index is 1.36. The lowest BCUT2D eigenvalue weighted by Crippen LogP contribution is -2.37. The summed E-state index contributed by atoms with van der Waals surface area (Å²) in [4.78, 5) is 30.8. The lowest BCUT2D eigenvalue weighted by atomic mass is 9.88. The molecule has 4 rings (SSSR count). The van der Waals surface area contributed by atoms with E-state index in [1.54, 1.807) is 18.2 Å². The first-order valence-electron chi connectivity index (χ1n) is 10.3. The van der Waals surface area contributed by atoms with Gasteiger partial charge in [-0.05, 0) is 61.8 Å². The minimum atomic E-state index is -0.439. The van der Waals surface area contributed by atoms with Gasteiger partial charge in [-0.15, -0.1) is 11.3 Å². The minimum Gasteiger partial charge on any atom is -0.465 e. The first kappa shape index (κ1) is 21.2. The molecule has 2 aromatic rings. The van der Waals surface area contributed by atoms with E-state index in [0.29, 0.717) is 42.5 Å². The number of carbonyl (C=O) groups is 2. The molecule has 2 amide bonds. The maximum Gasteiger partial charge on any atom is 0.433 e. The second-order valence-corrected chi connectivity index (χ2v) is 8.59. The van der Waals surface area contributed by atoms with E-state index >= 15 is 0 Å². The molecule has 1 aliphatic carbocycles. The third-order valence-corrected chi connectivity index (χ3v) is 6.48. The number of ether oxygens (including phenoxy) is 1. The molecule has 162 valence electrons. The summed E-state index contributed by atoms with van der Waals surface area (Å²) in [5.74, 6) is 0.431. The number of furan rings is 1. The summed E-state index contributed by atoms with van der Waals surface area (Å²) in [5.41, 5.74) is 1.51. The van der Waals surface area contributed by atoms with E-state index in [-0.39, 0.29) is 11.8 Å². The van der Waals surface area contributed by atoms with Gasteiger partial charge in [0.25, 0.3) is 0 Å². The summed E-state index contributed by atoms with van der Waals surface area (Å²) in [5, 5.41) is 14.3. The Labute approximate surface area is 184 Å². The molecule has 1 saturated heterocycles. The molecule has 0 saturated carbocycles. The Morgan fingerprint density at radius 2 is 2.32 bits per heavy atom. The fraction of sp³-hybridized carbons (Fsp3) is 0.409. The molecule has 1 unspecified atom stereocenters. The van der Waals surface area contributed by atoms with Gasteiger partial charge in [0.2, 0.25) is 5.91 Å². The summed E-state index contributed by atoms with van der Waals surface area (Å²) >= 11 is 1.42. The van der Waals surface area contributed by atoms with Crippen LogP contribution in [-0.2, 0) is 27.2 Å². The molecule has 0 spiro atoms. The van der Waals surface area contributed by atoms with Crippen LogP contribution >= 0.6 is 11.3 Å².